The van der Waals surface area contributed by atoms with Gasteiger partial charge in [-0.3, -0.25) is 4.79 Å². The molecule has 0 aliphatic carbocycles. The number of hydrogen-bond donors (Lipinski definition) is 0. The van der Waals surface area contributed by atoms with Gasteiger partial charge in [-0.25, -0.2) is 4.98 Å². The quantitative estimate of drug-likeness (QED) is 0.730. The molecule has 7 heteroatoms. The molecule has 1 aromatic carbocycles. The van der Waals surface area contributed by atoms with E-state index in [9.17, 15) is 4.79 Å². The molecular formula is C20H28N4O2S. The smallest absolute Gasteiger partial charge is 0.253 e. The van der Waals surface area contributed by atoms with Gasteiger partial charge in [-0.05, 0) is 32.3 Å². The molecule has 1 aromatic heterocycles. The molecule has 27 heavy (non-hydrogen) atoms. The second-order valence-electron chi connectivity index (χ2n) is 7.18. The Kier molecular flexibility index (Phi) is 6.68. The minimum atomic E-state index is 0.0286. The number of carbonyl (C=O) groups is 1. The Morgan fingerprint density at radius 3 is 2.70 bits per heavy atom. The molecule has 0 bridgehead atoms. The van der Waals surface area contributed by atoms with Crippen LogP contribution in [0.3, 0.4) is 0 Å². The second-order valence-corrected chi connectivity index (χ2v) is 8.05. The largest absolute Gasteiger partial charge is 0.490 e. The van der Waals surface area contributed by atoms with Crippen molar-refractivity contribution in [2.45, 2.75) is 18.9 Å². The Morgan fingerprint density at radius 2 is 2.04 bits per heavy atom. The van der Waals surface area contributed by atoms with Crippen molar-refractivity contribution >= 4 is 22.4 Å². The number of anilines is 1. The minimum Gasteiger partial charge on any atom is -0.490 e. The summed E-state index contributed by atoms with van der Waals surface area (Å²) in [7, 11) is 5.85. The van der Waals surface area contributed by atoms with Crippen molar-refractivity contribution in [1.82, 2.24) is 14.8 Å². The zero-order valence-electron chi connectivity index (χ0n) is 16.3. The third kappa shape index (κ3) is 5.43. The summed E-state index contributed by atoms with van der Waals surface area (Å²) in [6.45, 7) is 3.44. The molecule has 0 radical (unpaired) electrons. The first-order valence-electron chi connectivity index (χ1n) is 9.34. The number of nitrogens with zero attached hydrogens (tertiary/aromatic N) is 4. The van der Waals surface area contributed by atoms with Crippen molar-refractivity contribution in [2.75, 3.05) is 52.2 Å². The fraction of sp³-hybridized carbons (Fsp3) is 0.500. The molecule has 1 saturated heterocycles. The number of likely N-dealkylation sites (N-methyl/N-ethyl adjacent to an activating group) is 2. The Bertz CT molecular complexity index is 727. The summed E-state index contributed by atoms with van der Waals surface area (Å²) in [4.78, 5) is 23.1. The van der Waals surface area contributed by atoms with E-state index >= 15 is 0 Å². The summed E-state index contributed by atoms with van der Waals surface area (Å²) in [6.07, 6.45) is 3.94. The lowest BCUT2D eigenvalue weighted by atomic mass is 10.1. The standard InChI is InChI=1S/C20H28N4O2S/c1-22(2)12-13-23(3)19(25)16-5-4-6-18(15-16)26-17-7-10-24(11-8-17)20-21-9-14-27-20/h4-6,9,14-15,17H,7-8,10-13H2,1-3H3. The fourth-order valence-electron chi connectivity index (χ4n) is 3.10. The highest BCUT2D eigenvalue weighted by molar-refractivity contribution is 7.13. The molecule has 0 N–H and O–H groups in total. The topological polar surface area (TPSA) is 48.9 Å². The molecular weight excluding hydrogens is 360 g/mol. The average molecular weight is 389 g/mol. The number of rotatable bonds is 7. The monoisotopic (exact) mass is 388 g/mol. The number of benzene rings is 1. The SMILES string of the molecule is CN(C)CCN(C)C(=O)c1cccc(OC2CCN(c3nccs3)CC2)c1. The summed E-state index contributed by atoms with van der Waals surface area (Å²) >= 11 is 1.68. The molecule has 2 aromatic rings. The van der Waals surface area contributed by atoms with Crippen LogP contribution in [-0.2, 0) is 0 Å². The van der Waals surface area contributed by atoms with E-state index in [0.717, 1.165) is 43.4 Å². The first-order valence-corrected chi connectivity index (χ1v) is 10.2. The van der Waals surface area contributed by atoms with Crippen molar-refractivity contribution in [1.29, 1.82) is 0 Å². The Labute approximate surface area is 165 Å². The number of amides is 1. The summed E-state index contributed by atoms with van der Waals surface area (Å²) in [5, 5.41) is 3.09. The molecule has 3 rings (SSSR count). The number of aromatic nitrogens is 1. The number of thiazole rings is 1. The highest BCUT2D eigenvalue weighted by Gasteiger charge is 2.22. The molecule has 0 saturated carbocycles. The van der Waals surface area contributed by atoms with Crippen LogP contribution in [0.15, 0.2) is 35.8 Å². The van der Waals surface area contributed by atoms with Gasteiger partial charge < -0.3 is 19.4 Å². The molecule has 1 aliphatic rings. The van der Waals surface area contributed by atoms with E-state index in [2.05, 4.69) is 14.8 Å². The van der Waals surface area contributed by atoms with E-state index in [4.69, 9.17) is 4.74 Å². The van der Waals surface area contributed by atoms with Crippen LogP contribution < -0.4 is 9.64 Å². The summed E-state index contributed by atoms with van der Waals surface area (Å²) in [5.41, 5.74) is 0.675. The molecule has 0 unspecified atom stereocenters. The first-order chi connectivity index (χ1) is 13.0. The van der Waals surface area contributed by atoms with Crippen molar-refractivity contribution < 1.29 is 9.53 Å². The number of ether oxygens (including phenoxy) is 1. The normalized spacial score (nSPS) is 15.2. The first kappa shape index (κ1) is 19.6. The van der Waals surface area contributed by atoms with E-state index in [-0.39, 0.29) is 12.0 Å². The molecule has 1 aliphatic heterocycles. The van der Waals surface area contributed by atoms with Crippen molar-refractivity contribution in [3.8, 4) is 5.75 Å². The van der Waals surface area contributed by atoms with Gasteiger partial charge in [0, 0.05) is 63.2 Å². The van der Waals surface area contributed by atoms with Gasteiger partial charge in [0.25, 0.3) is 5.91 Å². The van der Waals surface area contributed by atoms with Crippen LogP contribution >= 0.6 is 11.3 Å². The van der Waals surface area contributed by atoms with Gasteiger partial charge in [-0.15, -0.1) is 11.3 Å². The molecule has 2 heterocycles. The van der Waals surface area contributed by atoms with Crippen LogP contribution in [0.1, 0.15) is 23.2 Å². The lowest BCUT2D eigenvalue weighted by Gasteiger charge is -2.32. The van der Waals surface area contributed by atoms with E-state index in [1.807, 2.05) is 57.0 Å². The second kappa shape index (κ2) is 9.19. The highest BCUT2D eigenvalue weighted by Crippen LogP contribution is 2.25. The van der Waals surface area contributed by atoms with Crippen LogP contribution in [0.4, 0.5) is 5.13 Å². The zero-order valence-corrected chi connectivity index (χ0v) is 17.1. The fourth-order valence-corrected chi connectivity index (χ4v) is 3.80. The number of carbonyl (C=O) groups excluding carboxylic acids is 1. The molecule has 146 valence electrons. The van der Waals surface area contributed by atoms with Crippen molar-refractivity contribution in [3.63, 3.8) is 0 Å². The van der Waals surface area contributed by atoms with Crippen LogP contribution in [0.5, 0.6) is 5.75 Å². The molecule has 0 spiro atoms. The van der Waals surface area contributed by atoms with Gasteiger partial charge in [0.05, 0.1) is 0 Å². The Morgan fingerprint density at radius 1 is 1.26 bits per heavy atom. The van der Waals surface area contributed by atoms with Crippen LogP contribution in [0.2, 0.25) is 0 Å². The van der Waals surface area contributed by atoms with Gasteiger partial charge >= 0.3 is 0 Å². The van der Waals surface area contributed by atoms with Gasteiger partial charge in [0.15, 0.2) is 5.13 Å². The Hall–Kier alpha value is -2.12. The summed E-state index contributed by atoms with van der Waals surface area (Å²) in [6, 6.07) is 7.55. The van der Waals surface area contributed by atoms with Crippen LogP contribution in [-0.4, -0.2) is 74.1 Å². The van der Waals surface area contributed by atoms with E-state index in [1.165, 1.54) is 0 Å². The van der Waals surface area contributed by atoms with Crippen molar-refractivity contribution in [3.05, 3.63) is 41.4 Å². The minimum absolute atomic E-state index is 0.0286. The van der Waals surface area contributed by atoms with Gasteiger partial charge in [-0.2, -0.15) is 0 Å². The summed E-state index contributed by atoms with van der Waals surface area (Å²) in [5.74, 6) is 0.801. The predicted octanol–water partition coefficient (Wildman–Crippen LogP) is 2.82. The number of hydrogen-bond acceptors (Lipinski definition) is 6. The average Bonchev–Trinajstić information content (AvgIpc) is 3.21. The number of piperidine rings is 1. The zero-order chi connectivity index (χ0) is 19.2. The van der Waals surface area contributed by atoms with E-state index < -0.39 is 0 Å². The highest BCUT2D eigenvalue weighted by atomic mass is 32.1. The van der Waals surface area contributed by atoms with Gasteiger partial charge in [-0.1, -0.05) is 6.07 Å². The van der Waals surface area contributed by atoms with Crippen LogP contribution in [0.25, 0.3) is 0 Å². The maximum absolute atomic E-state index is 12.6. The third-order valence-corrected chi connectivity index (χ3v) is 5.58. The Balaban J connectivity index is 1.54. The molecule has 1 fully saturated rings. The molecule has 1 amide bonds. The summed E-state index contributed by atoms with van der Waals surface area (Å²) < 4.78 is 6.17. The van der Waals surface area contributed by atoms with Gasteiger partial charge in [0.2, 0.25) is 0 Å². The van der Waals surface area contributed by atoms with E-state index in [1.54, 1.807) is 16.2 Å². The lowest BCUT2D eigenvalue weighted by molar-refractivity contribution is 0.0785. The lowest BCUT2D eigenvalue weighted by Crippen LogP contribution is -2.38. The maximum atomic E-state index is 12.6. The van der Waals surface area contributed by atoms with Crippen LogP contribution in [0, 0.1) is 0 Å². The van der Waals surface area contributed by atoms with E-state index in [0.29, 0.717) is 12.1 Å². The van der Waals surface area contributed by atoms with Crippen molar-refractivity contribution in [2.24, 2.45) is 0 Å². The third-order valence-electron chi connectivity index (χ3n) is 4.74. The predicted molar refractivity (Wildman–Crippen MR) is 110 cm³/mol. The maximum Gasteiger partial charge on any atom is 0.253 e. The molecule has 0 atom stereocenters. The van der Waals surface area contributed by atoms with Gasteiger partial charge in [0.1, 0.15) is 11.9 Å². The molecule has 6 nitrogen and oxygen atoms in total.